The van der Waals surface area contributed by atoms with E-state index in [2.05, 4.69) is 0 Å². The topological polar surface area (TPSA) is 26.0 Å². The molecule has 0 fully saturated rings. The van der Waals surface area contributed by atoms with E-state index in [9.17, 15) is 13.2 Å². The van der Waals surface area contributed by atoms with Crippen LogP contribution < -0.4 is 5.73 Å². The Labute approximate surface area is 113 Å². The van der Waals surface area contributed by atoms with Crippen LogP contribution in [0.15, 0.2) is 46.2 Å². The maximum Gasteiger partial charge on any atom is 0.140 e. The summed E-state index contributed by atoms with van der Waals surface area (Å²) in [5, 5.41) is 0. The van der Waals surface area contributed by atoms with E-state index < -0.39 is 17.5 Å². The van der Waals surface area contributed by atoms with Crippen molar-refractivity contribution >= 4 is 11.8 Å². The molecule has 0 aliphatic carbocycles. The first-order chi connectivity index (χ1) is 8.99. The second-order valence-corrected chi connectivity index (χ2v) is 5.18. The van der Waals surface area contributed by atoms with Gasteiger partial charge < -0.3 is 5.73 Å². The van der Waals surface area contributed by atoms with Crippen LogP contribution in [0.1, 0.15) is 18.5 Å². The first kappa shape index (κ1) is 14.0. The minimum absolute atomic E-state index is 0.161. The van der Waals surface area contributed by atoms with E-state index in [0.29, 0.717) is 5.56 Å². The molecule has 0 saturated heterocycles. The van der Waals surface area contributed by atoms with Crippen LogP contribution in [0.5, 0.6) is 0 Å². The highest BCUT2D eigenvalue weighted by Crippen LogP contribution is 2.36. The van der Waals surface area contributed by atoms with Crippen molar-refractivity contribution in [1.29, 1.82) is 0 Å². The molecule has 0 unspecified atom stereocenters. The smallest absolute Gasteiger partial charge is 0.140 e. The largest absolute Gasteiger partial charge is 0.324 e. The molecule has 0 radical (unpaired) electrons. The lowest BCUT2D eigenvalue weighted by Crippen LogP contribution is -2.07. The minimum Gasteiger partial charge on any atom is -0.324 e. The fourth-order valence-corrected chi connectivity index (χ4v) is 2.71. The fraction of sp³-hybridized carbons (Fsp3) is 0.143. The first-order valence-electron chi connectivity index (χ1n) is 5.66. The van der Waals surface area contributed by atoms with Gasteiger partial charge in [0.2, 0.25) is 0 Å². The normalized spacial score (nSPS) is 12.5. The van der Waals surface area contributed by atoms with E-state index in [1.807, 2.05) is 0 Å². The highest BCUT2D eigenvalue weighted by Gasteiger charge is 2.15. The SMILES string of the molecule is C[C@H](N)c1cccc(F)c1Sc1ccc(F)cc1F. The third-order valence-corrected chi connectivity index (χ3v) is 3.78. The standard InChI is InChI=1S/C14H12F3NS/c1-8(18)10-3-2-4-11(16)14(10)19-13-6-5-9(15)7-12(13)17/h2-8H,18H2,1H3/t8-/m0/s1. The van der Waals surface area contributed by atoms with Gasteiger partial charge in [-0.25, -0.2) is 13.2 Å². The lowest BCUT2D eigenvalue weighted by molar-refractivity contribution is 0.564. The zero-order chi connectivity index (χ0) is 14.0. The van der Waals surface area contributed by atoms with Crippen LogP contribution in [0.3, 0.4) is 0 Å². The van der Waals surface area contributed by atoms with Crippen molar-refractivity contribution in [1.82, 2.24) is 0 Å². The van der Waals surface area contributed by atoms with Crippen molar-refractivity contribution in [2.75, 3.05) is 0 Å². The molecule has 0 spiro atoms. The Morgan fingerprint density at radius 1 is 1.05 bits per heavy atom. The van der Waals surface area contributed by atoms with Gasteiger partial charge >= 0.3 is 0 Å². The lowest BCUT2D eigenvalue weighted by atomic mass is 10.1. The van der Waals surface area contributed by atoms with Gasteiger partial charge in [0.25, 0.3) is 0 Å². The molecule has 1 atom stereocenters. The van der Waals surface area contributed by atoms with E-state index in [1.165, 1.54) is 12.1 Å². The Kier molecular flexibility index (Phi) is 4.17. The van der Waals surface area contributed by atoms with Crippen molar-refractivity contribution < 1.29 is 13.2 Å². The van der Waals surface area contributed by atoms with Crippen LogP contribution in [0.4, 0.5) is 13.2 Å². The zero-order valence-corrected chi connectivity index (χ0v) is 11.0. The molecule has 100 valence electrons. The quantitative estimate of drug-likeness (QED) is 0.910. The molecule has 2 aromatic rings. The zero-order valence-electron chi connectivity index (χ0n) is 10.2. The molecule has 0 saturated carbocycles. The highest BCUT2D eigenvalue weighted by atomic mass is 32.2. The highest BCUT2D eigenvalue weighted by molar-refractivity contribution is 7.99. The summed E-state index contributed by atoms with van der Waals surface area (Å²) < 4.78 is 40.3. The number of benzene rings is 2. The molecule has 2 N–H and O–H groups in total. The van der Waals surface area contributed by atoms with Gasteiger partial charge in [-0.1, -0.05) is 23.9 Å². The van der Waals surface area contributed by atoms with Crippen molar-refractivity contribution in [3.8, 4) is 0 Å². The fourth-order valence-electron chi connectivity index (χ4n) is 1.66. The van der Waals surface area contributed by atoms with Crippen molar-refractivity contribution in [3.63, 3.8) is 0 Å². The molecule has 0 amide bonds. The van der Waals surface area contributed by atoms with Gasteiger partial charge in [-0.3, -0.25) is 0 Å². The van der Waals surface area contributed by atoms with Gasteiger partial charge in [-0.2, -0.15) is 0 Å². The van der Waals surface area contributed by atoms with Crippen LogP contribution in [0.25, 0.3) is 0 Å². The molecule has 0 aromatic heterocycles. The summed E-state index contributed by atoms with van der Waals surface area (Å²) >= 11 is 0.908. The van der Waals surface area contributed by atoms with Crippen LogP contribution in [0.2, 0.25) is 0 Å². The molecular weight excluding hydrogens is 271 g/mol. The predicted molar refractivity (Wildman–Crippen MR) is 69.5 cm³/mol. The summed E-state index contributed by atoms with van der Waals surface area (Å²) in [4.78, 5) is 0.427. The first-order valence-corrected chi connectivity index (χ1v) is 6.47. The lowest BCUT2D eigenvalue weighted by Gasteiger charge is -2.13. The summed E-state index contributed by atoms with van der Waals surface area (Å²) in [6.45, 7) is 1.72. The monoisotopic (exact) mass is 283 g/mol. The maximum atomic E-state index is 13.8. The van der Waals surface area contributed by atoms with E-state index in [0.717, 1.165) is 23.9 Å². The Balaban J connectivity index is 2.43. The summed E-state index contributed by atoms with van der Waals surface area (Å²) in [5.74, 6) is -1.85. The molecule has 0 aliphatic rings. The third kappa shape index (κ3) is 3.11. The van der Waals surface area contributed by atoms with Gasteiger partial charge in [-0.15, -0.1) is 0 Å². The Morgan fingerprint density at radius 3 is 2.42 bits per heavy atom. The Hall–Kier alpha value is -1.46. The molecular formula is C14H12F3NS. The number of hydrogen-bond donors (Lipinski definition) is 1. The van der Waals surface area contributed by atoms with Crippen LogP contribution in [-0.2, 0) is 0 Å². The van der Waals surface area contributed by atoms with E-state index in [-0.39, 0.29) is 15.8 Å². The van der Waals surface area contributed by atoms with Gasteiger partial charge in [0.05, 0.1) is 4.90 Å². The average Bonchev–Trinajstić information content (AvgIpc) is 2.34. The minimum atomic E-state index is -0.719. The van der Waals surface area contributed by atoms with E-state index in [4.69, 9.17) is 5.73 Å². The Bertz CT molecular complexity index is 599. The average molecular weight is 283 g/mol. The van der Waals surface area contributed by atoms with Crippen LogP contribution in [-0.4, -0.2) is 0 Å². The molecule has 0 aliphatic heterocycles. The predicted octanol–water partition coefficient (Wildman–Crippen LogP) is 4.27. The molecule has 1 nitrogen and oxygen atoms in total. The van der Waals surface area contributed by atoms with Gasteiger partial charge in [0, 0.05) is 17.0 Å². The Morgan fingerprint density at radius 2 is 1.79 bits per heavy atom. The van der Waals surface area contributed by atoms with E-state index in [1.54, 1.807) is 19.1 Å². The second-order valence-electron chi connectivity index (χ2n) is 4.12. The molecule has 0 bridgehead atoms. The molecule has 2 aromatic carbocycles. The number of rotatable bonds is 3. The summed E-state index contributed by atoms with van der Waals surface area (Å²) in [7, 11) is 0. The maximum absolute atomic E-state index is 13.8. The van der Waals surface area contributed by atoms with E-state index >= 15 is 0 Å². The number of halogens is 3. The molecule has 0 heterocycles. The van der Waals surface area contributed by atoms with Crippen LogP contribution >= 0.6 is 11.8 Å². The van der Waals surface area contributed by atoms with Gasteiger partial charge in [-0.05, 0) is 30.7 Å². The van der Waals surface area contributed by atoms with Crippen molar-refractivity contribution in [2.45, 2.75) is 22.8 Å². The molecule has 5 heteroatoms. The van der Waals surface area contributed by atoms with Crippen molar-refractivity contribution in [2.24, 2.45) is 5.73 Å². The van der Waals surface area contributed by atoms with Crippen molar-refractivity contribution in [3.05, 3.63) is 59.4 Å². The van der Waals surface area contributed by atoms with Gasteiger partial charge in [0.15, 0.2) is 0 Å². The van der Waals surface area contributed by atoms with Gasteiger partial charge in [0.1, 0.15) is 17.5 Å². The number of hydrogen-bond acceptors (Lipinski definition) is 2. The van der Waals surface area contributed by atoms with Crippen LogP contribution in [0, 0.1) is 17.5 Å². The second kappa shape index (κ2) is 5.67. The third-order valence-electron chi connectivity index (χ3n) is 2.59. The summed E-state index contributed by atoms with van der Waals surface area (Å²) in [6.07, 6.45) is 0. The summed E-state index contributed by atoms with van der Waals surface area (Å²) in [6, 6.07) is 7.35. The molecule has 19 heavy (non-hydrogen) atoms. The number of nitrogens with two attached hydrogens (primary N) is 1. The summed E-state index contributed by atoms with van der Waals surface area (Å²) in [5.41, 5.74) is 6.36. The molecule has 2 rings (SSSR count).